The summed E-state index contributed by atoms with van der Waals surface area (Å²) in [6, 6.07) is 9.45. The topological polar surface area (TPSA) is 72.7 Å². The molecule has 0 fully saturated rings. The fourth-order valence-corrected chi connectivity index (χ4v) is 2.91. The molecule has 26 heavy (non-hydrogen) atoms. The lowest BCUT2D eigenvalue weighted by atomic mass is 10.0. The summed E-state index contributed by atoms with van der Waals surface area (Å²) in [7, 11) is 0. The highest BCUT2D eigenvalue weighted by molar-refractivity contribution is 5.98. The van der Waals surface area contributed by atoms with E-state index in [1.165, 1.54) is 0 Å². The third-order valence-electron chi connectivity index (χ3n) is 4.15. The maximum atomic E-state index is 12.4. The third kappa shape index (κ3) is 3.59. The second kappa shape index (κ2) is 7.00. The first-order valence-corrected chi connectivity index (χ1v) is 8.38. The molecule has 1 aromatic carbocycles. The van der Waals surface area contributed by atoms with Gasteiger partial charge in [0.05, 0.1) is 0 Å². The van der Waals surface area contributed by atoms with Crippen LogP contribution in [0.5, 0.6) is 0 Å². The number of nitrogens with one attached hydrogen (secondary N) is 1. The number of nitrogens with zero attached hydrogens (tertiary/aromatic N) is 2. The van der Waals surface area contributed by atoms with Gasteiger partial charge in [0.15, 0.2) is 11.8 Å². The van der Waals surface area contributed by atoms with Crippen LogP contribution in [0.25, 0.3) is 5.65 Å². The molecule has 6 nitrogen and oxygen atoms in total. The Balaban J connectivity index is 1.70. The fraction of sp³-hybridized carbons (Fsp3) is 0.250. The Morgan fingerprint density at radius 2 is 1.85 bits per heavy atom. The zero-order valence-electron chi connectivity index (χ0n) is 15.2. The van der Waals surface area contributed by atoms with Crippen molar-refractivity contribution in [1.29, 1.82) is 0 Å². The number of imidazole rings is 1. The predicted octanol–water partition coefficient (Wildman–Crippen LogP) is 3.44. The number of aromatic nitrogens is 2. The molecule has 2 heterocycles. The average molecular weight is 351 g/mol. The van der Waals surface area contributed by atoms with E-state index >= 15 is 0 Å². The van der Waals surface area contributed by atoms with Crippen LogP contribution in [0.4, 0.5) is 5.69 Å². The largest absolute Gasteiger partial charge is 0.448 e. The first kappa shape index (κ1) is 17.7. The van der Waals surface area contributed by atoms with Crippen molar-refractivity contribution in [1.82, 2.24) is 9.38 Å². The van der Waals surface area contributed by atoms with Gasteiger partial charge in [0.1, 0.15) is 5.65 Å². The predicted molar refractivity (Wildman–Crippen MR) is 99.4 cm³/mol. The van der Waals surface area contributed by atoms with Crippen molar-refractivity contribution in [2.45, 2.75) is 33.8 Å². The Bertz CT molecular complexity index is 935. The van der Waals surface area contributed by atoms with Gasteiger partial charge in [0, 0.05) is 18.1 Å². The number of ether oxygens (including phenoxy) is 1. The molecule has 0 radical (unpaired) electrons. The molecule has 0 aliphatic rings. The summed E-state index contributed by atoms with van der Waals surface area (Å²) in [6.45, 7) is 7.42. The minimum absolute atomic E-state index is 0.165. The molecule has 1 amide bonds. The standard InChI is InChI=1S/C20H21N3O3/c1-12-9-13(2)18(14(3)10-12)22-19(24)15(4)26-20(25)16-11-23-8-6-5-7-17(23)21-16/h5-11,15H,1-4H3,(H,22,24)/t15-/m1/s1. The summed E-state index contributed by atoms with van der Waals surface area (Å²) in [6.07, 6.45) is 2.43. The summed E-state index contributed by atoms with van der Waals surface area (Å²) in [4.78, 5) is 28.9. The maximum Gasteiger partial charge on any atom is 0.359 e. The van der Waals surface area contributed by atoms with Crippen molar-refractivity contribution in [2.24, 2.45) is 0 Å². The monoisotopic (exact) mass is 351 g/mol. The molecule has 3 aromatic rings. The van der Waals surface area contributed by atoms with E-state index in [2.05, 4.69) is 10.3 Å². The number of pyridine rings is 1. The number of hydrogen-bond acceptors (Lipinski definition) is 4. The van der Waals surface area contributed by atoms with Crippen molar-refractivity contribution in [3.63, 3.8) is 0 Å². The molecule has 1 N–H and O–H groups in total. The maximum absolute atomic E-state index is 12.4. The number of benzene rings is 1. The molecule has 0 saturated heterocycles. The Labute approximate surface area is 151 Å². The second-order valence-corrected chi connectivity index (χ2v) is 6.40. The number of aryl methyl sites for hydroxylation is 3. The van der Waals surface area contributed by atoms with Crippen LogP contribution in [0.2, 0.25) is 0 Å². The molecule has 134 valence electrons. The molecule has 0 aliphatic carbocycles. The Morgan fingerprint density at radius 1 is 1.15 bits per heavy atom. The van der Waals surface area contributed by atoms with Crippen LogP contribution in [-0.4, -0.2) is 27.4 Å². The van der Waals surface area contributed by atoms with Crippen LogP contribution in [0.3, 0.4) is 0 Å². The van der Waals surface area contributed by atoms with E-state index in [0.29, 0.717) is 5.65 Å². The summed E-state index contributed by atoms with van der Waals surface area (Å²) in [5.74, 6) is -1.01. The van der Waals surface area contributed by atoms with E-state index in [1.807, 2.05) is 45.0 Å². The number of amides is 1. The van der Waals surface area contributed by atoms with Gasteiger partial charge in [0.2, 0.25) is 0 Å². The molecule has 0 saturated carbocycles. The van der Waals surface area contributed by atoms with E-state index in [0.717, 1.165) is 22.4 Å². The minimum atomic E-state index is -0.938. The van der Waals surface area contributed by atoms with Crippen LogP contribution < -0.4 is 5.32 Å². The summed E-state index contributed by atoms with van der Waals surface area (Å²) in [5.41, 5.74) is 4.62. The van der Waals surface area contributed by atoms with Crippen molar-refractivity contribution in [3.8, 4) is 0 Å². The van der Waals surface area contributed by atoms with Gasteiger partial charge in [0.25, 0.3) is 5.91 Å². The number of hydrogen-bond donors (Lipinski definition) is 1. The highest BCUT2D eigenvalue weighted by Gasteiger charge is 2.22. The lowest BCUT2D eigenvalue weighted by molar-refractivity contribution is -0.123. The number of carbonyl (C=O) groups is 2. The van der Waals surface area contributed by atoms with E-state index < -0.39 is 12.1 Å². The van der Waals surface area contributed by atoms with Crippen LogP contribution in [-0.2, 0) is 9.53 Å². The number of fused-ring (bicyclic) bond motifs is 1. The van der Waals surface area contributed by atoms with Gasteiger partial charge in [-0.05, 0) is 51.0 Å². The summed E-state index contributed by atoms with van der Waals surface area (Å²) in [5, 5.41) is 2.85. The normalized spacial score (nSPS) is 12.0. The van der Waals surface area contributed by atoms with Gasteiger partial charge < -0.3 is 14.5 Å². The van der Waals surface area contributed by atoms with Crippen LogP contribution >= 0.6 is 0 Å². The van der Waals surface area contributed by atoms with Gasteiger partial charge >= 0.3 is 5.97 Å². The zero-order valence-corrected chi connectivity index (χ0v) is 15.2. The van der Waals surface area contributed by atoms with E-state index in [-0.39, 0.29) is 11.6 Å². The highest BCUT2D eigenvalue weighted by Crippen LogP contribution is 2.22. The van der Waals surface area contributed by atoms with Gasteiger partial charge in [-0.25, -0.2) is 9.78 Å². The first-order valence-electron chi connectivity index (χ1n) is 8.38. The van der Waals surface area contributed by atoms with Crippen molar-refractivity contribution in [2.75, 3.05) is 5.32 Å². The molecule has 0 aliphatic heterocycles. The molecular weight excluding hydrogens is 330 g/mol. The minimum Gasteiger partial charge on any atom is -0.448 e. The summed E-state index contributed by atoms with van der Waals surface area (Å²) < 4.78 is 7.00. The molecule has 0 bridgehead atoms. The Hall–Kier alpha value is -3.15. The van der Waals surface area contributed by atoms with Crippen LogP contribution in [0.15, 0.2) is 42.7 Å². The summed E-state index contributed by atoms with van der Waals surface area (Å²) >= 11 is 0. The molecule has 1 atom stereocenters. The number of esters is 1. The SMILES string of the molecule is Cc1cc(C)c(NC(=O)[C@@H](C)OC(=O)c2cn3ccccc3n2)c(C)c1. The molecule has 0 spiro atoms. The van der Waals surface area contributed by atoms with Gasteiger partial charge in [-0.3, -0.25) is 4.79 Å². The van der Waals surface area contributed by atoms with E-state index in [4.69, 9.17) is 4.74 Å². The molecule has 6 heteroatoms. The number of rotatable bonds is 4. The molecule has 0 unspecified atom stereocenters. The average Bonchev–Trinajstić information content (AvgIpc) is 3.02. The first-order chi connectivity index (χ1) is 12.3. The Kier molecular flexibility index (Phi) is 4.75. The third-order valence-corrected chi connectivity index (χ3v) is 4.15. The zero-order chi connectivity index (χ0) is 18.8. The van der Waals surface area contributed by atoms with Gasteiger partial charge in [-0.2, -0.15) is 0 Å². The second-order valence-electron chi connectivity index (χ2n) is 6.40. The number of carbonyl (C=O) groups excluding carboxylic acids is 2. The van der Waals surface area contributed by atoms with Crippen molar-refractivity contribution >= 4 is 23.2 Å². The van der Waals surface area contributed by atoms with Crippen LogP contribution in [0.1, 0.15) is 34.1 Å². The Morgan fingerprint density at radius 3 is 2.50 bits per heavy atom. The fourth-order valence-electron chi connectivity index (χ4n) is 2.91. The molecule has 3 rings (SSSR count). The molecular formula is C20H21N3O3. The van der Waals surface area contributed by atoms with E-state index in [1.54, 1.807) is 29.8 Å². The number of anilines is 1. The molecule has 2 aromatic heterocycles. The van der Waals surface area contributed by atoms with Gasteiger partial charge in [-0.1, -0.05) is 23.8 Å². The van der Waals surface area contributed by atoms with Crippen molar-refractivity contribution in [3.05, 3.63) is 65.1 Å². The quantitative estimate of drug-likeness (QED) is 0.731. The van der Waals surface area contributed by atoms with Crippen molar-refractivity contribution < 1.29 is 14.3 Å². The lowest BCUT2D eigenvalue weighted by Gasteiger charge is -2.16. The van der Waals surface area contributed by atoms with Crippen LogP contribution in [0, 0.1) is 20.8 Å². The lowest BCUT2D eigenvalue weighted by Crippen LogP contribution is -2.30. The highest BCUT2D eigenvalue weighted by atomic mass is 16.5. The van der Waals surface area contributed by atoms with Gasteiger partial charge in [-0.15, -0.1) is 0 Å². The smallest absolute Gasteiger partial charge is 0.359 e. The van der Waals surface area contributed by atoms with E-state index in [9.17, 15) is 9.59 Å².